The van der Waals surface area contributed by atoms with Crippen molar-refractivity contribution in [1.82, 2.24) is 9.97 Å². The second kappa shape index (κ2) is 12.7. The maximum absolute atomic E-state index is 5.60. The third kappa shape index (κ3) is 6.20. The molecule has 1 aromatic heterocycles. The lowest BCUT2D eigenvalue weighted by Crippen LogP contribution is -2.04. The first-order valence-electron chi connectivity index (χ1n) is 13.6. The Hall–Kier alpha value is -5.96. The van der Waals surface area contributed by atoms with Gasteiger partial charge in [0.25, 0.3) is 0 Å². The molecule has 0 bridgehead atoms. The average Bonchev–Trinajstić information content (AvgIpc) is 3.05. The Morgan fingerprint density at radius 2 is 1.12 bits per heavy atom. The fourth-order valence-corrected chi connectivity index (χ4v) is 4.78. The van der Waals surface area contributed by atoms with E-state index < -0.39 is 0 Å². The first kappa shape index (κ1) is 27.2. The van der Waals surface area contributed by atoms with Gasteiger partial charge in [0.05, 0.1) is 26.6 Å². The summed E-state index contributed by atoms with van der Waals surface area (Å²) in [6.07, 6.45) is 3.44. The third-order valence-corrected chi connectivity index (χ3v) is 6.80. The number of hydrogen-bond acceptors (Lipinski definition) is 9. The van der Waals surface area contributed by atoms with Crippen LogP contribution in [0.25, 0.3) is 21.5 Å². The number of aromatic nitrogens is 2. The molecule has 6 aromatic rings. The molecule has 9 heteroatoms. The maximum atomic E-state index is 5.60. The number of nitrogens with one attached hydrogen (secondary N) is 3. The van der Waals surface area contributed by atoms with E-state index in [4.69, 9.17) is 9.47 Å². The van der Waals surface area contributed by atoms with Crippen LogP contribution in [0.4, 0.5) is 23.3 Å². The van der Waals surface area contributed by atoms with E-state index >= 15 is 0 Å². The zero-order valence-electron chi connectivity index (χ0n) is 23.7. The zero-order valence-corrected chi connectivity index (χ0v) is 23.7. The quantitative estimate of drug-likeness (QED) is 0.117. The van der Waals surface area contributed by atoms with Gasteiger partial charge in [-0.15, -0.1) is 0 Å². The summed E-state index contributed by atoms with van der Waals surface area (Å²) in [7, 11) is 3.29. The van der Waals surface area contributed by atoms with Gasteiger partial charge in [-0.25, -0.2) is 5.43 Å². The molecule has 0 spiro atoms. The van der Waals surface area contributed by atoms with Crippen LogP contribution in [-0.2, 0) is 0 Å². The lowest BCUT2D eigenvalue weighted by Gasteiger charge is -2.11. The monoisotopic (exact) mass is 567 g/mol. The molecule has 0 fully saturated rings. The smallest absolute Gasteiger partial charge is 0.247 e. The summed E-state index contributed by atoms with van der Waals surface area (Å²) in [6, 6.07) is 35.6. The van der Waals surface area contributed by atoms with E-state index in [9.17, 15) is 0 Å². The predicted molar refractivity (Wildman–Crippen MR) is 175 cm³/mol. The highest BCUT2D eigenvalue weighted by Crippen LogP contribution is 2.28. The molecule has 5 aromatic carbocycles. The molecule has 0 radical (unpaired) electrons. The van der Waals surface area contributed by atoms with E-state index in [2.05, 4.69) is 42.4 Å². The van der Waals surface area contributed by atoms with Crippen molar-refractivity contribution in [3.8, 4) is 11.5 Å². The van der Waals surface area contributed by atoms with Crippen LogP contribution in [0.1, 0.15) is 11.1 Å². The summed E-state index contributed by atoms with van der Waals surface area (Å²) in [5, 5.41) is 16.5. The van der Waals surface area contributed by atoms with Crippen LogP contribution in [0.5, 0.6) is 11.5 Å². The SMILES string of the molecule is COc1ccc2ccccc2c1C=NNc1cc(Nc2ccccc2)nc(NN=Cc2c(OC)ccc3ccccc23)n1. The summed E-state index contributed by atoms with van der Waals surface area (Å²) in [5.74, 6) is 2.73. The molecule has 6 rings (SSSR count). The number of hydrazone groups is 2. The number of ether oxygens (including phenoxy) is 2. The van der Waals surface area contributed by atoms with Crippen molar-refractivity contribution in [2.45, 2.75) is 0 Å². The van der Waals surface area contributed by atoms with Crippen LogP contribution in [0, 0.1) is 0 Å². The van der Waals surface area contributed by atoms with Gasteiger partial charge in [0.1, 0.15) is 17.3 Å². The Kier molecular flexibility index (Phi) is 8.04. The number of nitrogens with zero attached hydrogens (tertiary/aromatic N) is 4. The Bertz CT molecular complexity index is 1820. The highest BCUT2D eigenvalue weighted by atomic mass is 16.5. The molecule has 1 heterocycles. The van der Waals surface area contributed by atoms with Crippen molar-refractivity contribution in [1.29, 1.82) is 0 Å². The molecule has 0 saturated carbocycles. The lowest BCUT2D eigenvalue weighted by atomic mass is 10.0. The minimum atomic E-state index is 0.275. The van der Waals surface area contributed by atoms with Crippen LogP contribution in [0.2, 0.25) is 0 Å². The molecule has 0 aliphatic carbocycles. The normalized spacial score (nSPS) is 11.3. The van der Waals surface area contributed by atoms with E-state index in [0.717, 1.165) is 44.1 Å². The summed E-state index contributed by atoms with van der Waals surface area (Å²) < 4.78 is 11.2. The molecule has 0 aliphatic heterocycles. The lowest BCUT2D eigenvalue weighted by molar-refractivity contribution is 0.414. The second-order valence-corrected chi connectivity index (χ2v) is 9.50. The van der Waals surface area contributed by atoms with Crippen molar-refractivity contribution < 1.29 is 9.47 Å². The Morgan fingerprint density at radius 3 is 1.72 bits per heavy atom. The van der Waals surface area contributed by atoms with Gasteiger partial charge in [0.15, 0.2) is 5.82 Å². The van der Waals surface area contributed by atoms with E-state index in [-0.39, 0.29) is 5.95 Å². The zero-order chi connectivity index (χ0) is 29.4. The van der Waals surface area contributed by atoms with Gasteiger partial charge >= 0.3 is 0 Å². The molecule has 9 nitrogen and oxygen atoms in total. The number of fused-ring (bicyclic) bond motifs is 2. The molecule has 0 saturated heterocycles. The van der Waals surface area contributed by atoms with Crippen molar-refractivity contribution in [3.05, 3.63) is 120 Å². The van der Waals surface area contributed by atoms with Crippen LogP contribution in [0.15, 0.2) is 119 Å². The van der Waals surface area contributed by atoms with Gasteiger partial charge in [-0.2, -0.15) is 20.2 Å². The highest BCUT2D eigenvalue weighted by molar-refractivity contribution is 6.03. The first-order chi connectivity index (χ1) is 21.2. The second-order valence-electron chi connectivity index (χ2n) is 9.50. The fourth-order valence-electron chi connectivity index (χ4n) is 4.78. The molecule has 3 N–H and O–H groups in total. The molecule has 212 valence electrons. The summed E-state index contributed by atoms with van der Waals surface area (Å²) >= 11 is 0. The van der Waals surface area contributed by atoms with Gasteiger partial charge in [-0.05, 0) is 45.8 Å². The number of hydrogen-bond donors (Lipinski definition) is 3. The fraction of sp³-hybridized carbons (Fsp3) is 0.0588. The van der Waals surface area contributed by atoms with Gasteiger partial charge in [-0.3, -0.25) is 5.43 Å². The molecular formula is C34H29N7O2. The van der Waals surface area contributed by atoms with Crippen molar-refractivity contribution in [2.75, 3.05) is 30.4 Å². The van der Waals surface area contributed by atoms with Crippen molar-refractivity contribution in [2.24, 2.45) is 10.2 Å². The first-order valence-corrected chi connectivity index (χ1v) is 13.6. The van der Waals surface area contributed by atoms with Crippen LogP contribution in [0.3, 0.4) is 0 Å². The number of benzene rings is 5. The van der Waals surface area contributed by atoms with E-state index in [0.29, 0.717) is 17.4 Å². The highest BCUT2D eigenvalue weighted by Gasteiger charge is 2.09. The van der Waals surface area contributed by atoms with Crippen LogP contribution < -0.4 is 25.6 Å². The van der Waals surface area contributed by atoms with Gasteiger partial charge in [-0.1, -0.05) is 78.9 Å². The topological polar surface area (TPSA) is 105 Å². The predicted octanol–water partition coefficient (Wildman–Crippen LogP) is 7.44. The van der Waals surface area contributed by atoms with E-state index in [1.54, 1.807) is 32.7 Å². The van der Waals surface area contributed by atoms with Gasteiger partial charge in [0, 0.05) is 22.9 Å². The minimum absolute atomic E-state index is 0.275. The van der Waals surface area contributed by atoms with Crippen molar-refractivity contribution >= 4 is 57.2 Å². The van der Waals surface area contributed by atoms with Gasteiger partial charge < -0.3 is 14.8 Å². The van der Waals surface area contributed by atoms with E-state index in [1.165, 1.54) is 0 Å². The van der Waals surface area contributed by atoms with E-state index in [1.807, 2.05) is 97.1 Å². The molecule has 43 heavy (non-hydrogen) atoms. The number of methoxy groups -OCH3 is 2. The minimum Gasteiger partial charge on any atom is -0.496 e. The van der Waals surface area contributed by atoms with Crippen molar-refractivity contribution in [3.63, 3.8) is 0 Å². The van der Waals surface area contributed by atoms with Crippen LogP contribution in [-0.4, -0.2) is 36.6 Å². The Morgan fingerprint density at radius 1 is 0.581 bits per heavy atom. The largest absolute Gasteiger partial charge is 0.496 e. The standard InChI is InChI=1S/C34H29N7O2/c1-42-30-18-16-23-10-6-8-14-26(23)28(30)21-35-40-33-20-32(37-25-12-4-3-5-13-25)38-34(39-33)41-36-22-29-27-15-9-7-11-24(27)17-19-31(29)43-2/h3-22H,1-2H3,(H3,37,38,39,40,41). The Labute approximate surface area is 248 Å². The number of para-hydroxylation sites is 1. The number of anilines is 4. The van der Waals surface area contributed by atoms with Crippen LogP contribution >= 0.6 is 0 Å². The summed E-state index contributed by atoms with van der Waals surface area (Å²) in [4.78, 5) is 9.19. The maximum Gasteiger partial charge on any atom is 0.247 e. The molecular weight excluding hydrogens is 538 g/mol. The summed E-state index contributed by atoms with van der Waals surface area (Å²) in [6.45, 7) is 0. The number of rotatable bonds is 10. The average molecular weight is 568 g/mol. The summed E-state index contributed by atoms with van der Waals surface area (Å²) in [5.41, 5.74) is 8.59. The van der Waals surface area contributed by atoms with Gasteiger partial charge in [0.2, 0.25) is 5.95 Å². The molecule has 0 unspecified atom stereocenters. The molecule has 0 aliphatic rings. The molecule has 0 amide bonds. The third-order valence-electron chi connectivity index (χ3n) is 6.80. The Balaban J connectivity index is 1.30. The molecule has 0 atom stereocenters.